The molecular weight excluding hydrogens is 379 g/mol. The lowest BCUT2D eigenvalue weighted by atomic mass is 10.1. The summed E-state index contributed by atoms with van der Waals surface area (Å²) in [7, 11) is 0. The van der Waals surface area contributed by atoms with Crippen LogP contribution in [0.15, 0.2) is 71.8 Å². The molecule has 27 heavy (non-hydrogen) atoms. The standard InChI is InChI=1S/C22H20Cl2N2O/c1-16-9-11-17(12-10-16)15-27-22-8-3-2-5-18(22)13-25-26-14-19-20(23)6-4-7-21(19)24/h2-13,26H,14-15H2,1H3/b25-13-. The second kappa shape index (κ2) is 9.45. The summed E-state index contributed by atoms with van der Waals surface area (Å²) in [5, 5.41) is 5.51. The number of aryl methyl sites for hydroxylation is 1. The molecule has 1 N–H and O–H groups in total. The predicted molar refractivity (Wildman–Crippen MR) is 113 cm³/mol. The molecule has 0 aliphatic carbocycles. The number of hydrogen-bond acceptors (Lipinski definition) is 3. The molecule has 0 radical (unpaired) electrons. The Kier molecular flexibility index (Phi) is 6.74. The fraction of sp³-hybridized carbons (Fsp3) is 0.136. The van der Waals surface area contributed by atoms with E-state index >= 15 is 0 Å². The molecular formula is C22H20Cl2N2O. The van der Waals surface area contributed by atoms with Crippen molar-refractivity contribution in [1.82, 2.24) is 5.43 Å². The summed E-state index contributed by atoms with van der Waals surface area (Å²) in [5.74, 6) is 0.777. The third-order valence-corrected chi connectivity index (χ3v) is 4.75. The first-order valence-corrected chi connectivity index (χ1v) is 9.35. The van der Waals surface area contributed by atoms with E-state index in [9.17, 15) is 0 Å². The molecule has 0 atom stereocenters. The van der Waals surface area contributed by atoms with Crippen LogP contribution >= 0.6 is 23.2 Å². The first kappa shape index (κ1) is 19.3. The minimum absolute atomic E-state index is 0.446. The van der Waals surface area contributed by atoms with Crippen molar-refractivity contribution in [2.24, 2.45) is 5.10 Å². The molecule has 0 heterocycles. The minimum atomic E-state index is 0.446. The van der Waals surface area contributed by atoms with Crippen LogP contribution in [0.1, 0.15) is 22.3 Å². The van der Waals surface area contributed by atoms with Gasteiger partial charge in [0.2, 0.25) is 0 Å². The molecule has 0 aromatic heterocycles. The van der Waals surface area contributed by atoms with E-state index in [1.807, 2.05) is 42.5 Å². The summed E-state index contributed by atoms with van der Waals surface area (Å²) in [6, 6.07) is 21.5. The maximum Gasteiger partial charge on any atom is 0.128 e. The third-order valence-electron chi connectivity index (χ3n) is 4.05. The van der Waals surface area contributed by atoms with Crippen molar-refractivity contribution in [3.63, 3.8) is 0 Å². The fourth-order valence-electron chi connectivity index (χ4n) is 2.51. The number of nitrogens with zero attached hydrogens (tertiary/aromatic N) is 1. The highest BCUT2D eigenvalue weighted by molar-refractivity contribution is 6.35. The molecule has 3 rings (SSSR count). The topological polar surface area (TPSA) is 33.6 Å². The number of nitrogens with one attached hydrogen (secondary N) is 1. The lowest BCUT2D eigenvalue weighted by Gasteiger charge is -2.09. The molecule has 3 aromatic carbocycles. The van der Waals surface area contributed by atoms with Crippen LogP contribution in [-0.2, 0) is 13.2 Å². The van der Waals surface area contributed by atoms with Crippen molar-refractivity contribution < 1.29 is 4.74 Å². The molecule has 0 aliphatic heterocycles. The molecule has 5 heteroatoms. The number of benzene rings is 3. The Balaban J connectivity index is 1.61. The number of halogens is 2. The molecule has 3 nitrogen and oxygen atoms in total. The molecule has 0 bridgehead atoms. The third kappa shape index (κ3) is 5.49. The van der Waals surface area contributed by atoms with Gasteiger partial charge in [-0.15, -0.1) is 0 Å². The van der Waals surface area contributed by atoms with E-state index in [2.05, 4.69) is 41.7 Å². The average Bonchev–Trinajstić information content (AvgIpc) is 2.67. The summed E-state index contributed by atoms with van der Waals surface area (Å²) in [6.45, 7) is 3.02. The summed E-state index contributed by atoms with van der Waals surface area (Å²) in [5.41, 5.74) is 7.05. The SMILES string of the molecule is Cc1ccc(COc2ccccc2/C=N\NCc2c(Cl)cccc2Cl)cc1. The normalized spacial score (nSPS) is 10.9. The second-order valence-electron chi connectivity index (χ2n) is 6.11. The van der Waals surface area contributed by atoms with Crippen molar-refractivity contribution in [3.8, 4) is 5.75 Å². The number of rotatable bonds is 7. The first-order valence-electron chi connectivity index (χ1n) is 8.59. The highest BCUT2D eigenvalue weighted by Crippen LogP contribution is 2.24. The van der Waals surface area contributed by atoms with Gasteiger partial charge in [0.05, 0.1) is 12.8 Å². The molecule has 0 aliphatic rings. The van der Waals surface area contributed by atoms with Crippen molar-refractivity contribution in [3.05, 3.63) is 99.0 Å². The van der Waals surface area contributed by atoms with Crippen LogP contribution in [0.3, 0.4) is 0 Å². The van der Waals surface area contributed by atoms with Crippen LogP contribution in [0.25, 0.3) is 0 Å². The summed E-state index contributed by atoms with van der Waals surface area (Å²) < 4.78 is 5.96. The maximum atomic E-state index is 6.16. The molecule has 3 aromatic rings. The molecule has 0 spiro atoms. The van der Waals surface area contributed by atoms with Gasteiger partial charge in [0.25, 0.3) is 0 Å². The second-order valence-corrected chi connectivity index (χ2v) is 6.92. The lowest BCUT2D eigenvalue weighted by Crippen LogP contribution is -2.07. The van der Waals surface area contributed by atoms with Gasteiger partial charge in [0, 0.05) is 21.2 Å². The Labute approximate surface area is 169 Å². The number of ether oxygens (including phenoxy) is 1. The van der Waals surface area contributed by atoms with Crippen LogP contribution in [0.2, 0.25) is 10.0 Å². The fourth-order valence-corrected chi connectivity index (χ4v) is 3.04. The smallest absolute Gasteiger partial charge is 0.128 e. The van der Waals surface area contributed by atoms with Crippen LogP contribution in [0, 0.1) is 6.92 Å². The van der Waals surface area contributed by atoms with Gasteiger partial charge in [-0.1, -0.05) is 71.2 Å². The Morgan fingerprint density at radius 3 is 2.37 bits per heavy atom. The molecule has 0 saturated carbocycles. The monoisotopic (exact) mass is 398 g/mol. The van der Waals surface area contributed by atoms with Crippen LogP contribution in [0.4, 0.5) is 0 Å². The first-order chi connectivity index (χ1) is 13.1. The van der Waals surface area contributed by atoms with Crippen molar-refractivity contribution in [1.29, 1.82) is 0 Å². The Morgan fingerprint density at radius 2 is 1.63 bits per heavy atom. The molecule has 0 unspecified atom stereocenters. The van der Waals surface area contributed by atoms with Gasteiger partial charge < -0.3 is 10.2 Å². The van der Waals surface area contributed by atoms with Crippen molar-refractivity contribution >= 4 is 29.4 Å². The highest BCUT2D eigenvalue weighted by Gasteiger charge is 2.04. The van der Waals surface area contributed by atoms with Gasteiger partial charge in [-0.25, -0.2) is 0 Å². The average molecular weight is 399 g/mol. The number of para-hydroxylation sites is 1. The van der Waals surface area contributed by atoms with E-state index in [1.165, 1.54) is 5.56 Å². The van der Waals surface area contributed by atoms with E-state index in [0.29, 0.717) is 23.2 Å². The van der Waals surface area contributed by atoms with Gasteiger partial charge in [-0.05, 0) is 36.8 Å². The Bertz CT molecular complexity index is 904. The summed E-state index contributed by atoms with van der Waals surface area (Å²) in [4.78, 5) is 0. The van der Waals surface area contributed by atoms with Crippen molar-refractivity contribution in [2.75, 3.05) is 0 Å². The zero-order valence-corrected chi connectivity index (χ0v) is 16.5. The molecule has 138 valence electrons. The summed E-state index contributed by atoms with van der Waals surface area (Å²) >= 11 is 12.3. The van der Waals surface area contributed by atoms with Gasteiger partial charge in [-0.2, -0.15) is 5.10 Å². The van der Waals surface area contributed by atoms with E-state index in [4.69, 9.17) is 27.9 Å². The predicted octanol–water partition coefficient (Wildman–Crippen LogP) is 6.00. The Hall–Kier alpha value is -2.49. The van der Waals surface area contributed by atoms with Gasteiger partial charge in [-0.3, -0.25) is 0 Å². The number of hydrogen-bond donors (Lipinski definition) is 1. The van der Waals surface area contributed by atoms with E-state index in [-0.39, 0.29) is 0 Å². The minimum Gasteiger partial charge on any atom is -0.488 e. The quantitative estimate of drug-likeness (QED) is 0.390. The zero-order chi connectivity index (χ0) is 19.1. The van der Waals surface area contributed by atoms with E-state index in [1.54, 1.807) is 6.21 Å². The zero-order valence-electron chi connectivity index (χ0n) is 15.0. The van der Waals surface area contributed by atoms with Gasteiger partial charge in [0.15, 0.2) is 0 Å². The van der Waals surface area contributed by atoms with E-state index in [0.717, 1.165) is 22.4 Å². The molecule has 0 fully saturated rings. The van der Waals surface area contributed by atoms with Crippen LogP contribution in [-0.4, -0.2) is 6.21 Å². The Morgan fingerprint density at radius 1 is 0.926 bits per heavy atom. The largest absolute Gasteiger partial charge is 0.488 e. The molecule has 0 amide bonds. The van der Waals surface area contributed by atoms with Gasteiger partial charge >= 0.3 is 0 Å². The van der Waals surface area contributed by atoms with E-state index < -0.39 is 0 Å². The maximum absolute atomic E-state index is 6.16. The van der Waals surface area contributed by atoms with Gasteiger partial charge in [0.1, 0.15) is 12.4 Å². The lowest BCUT2D eigenvalue weighted by molar-refractivity contribution is 0.306. The highest BCUT2D eigenvalue weighted by atomic mass is 35.5. The van der Waals surface area contributed by atoms with Crippen molar-refractivity contribution in [2.45, 2.75) is 20.1 Å². The summed E-state index contributed by atoms with van der Waals surface area (Å²) in [6.07, 6.45) is 1.73. The molecule has 0 saturated heterocycles. The van der Waals surface area contributed by atoms with Crippen LogP contribution < -0.4 is 10.2 Å². The number of hydrazone groups is 1. The van der Waals surface area contributed by atoms with Crippen LogP contribution in [0.5, 0.6) is 5.75 Å².